The lowest BCUT2D eigenvalue weighted by molar-refractivity contribution is 0.159. The molecule has 0 bridgehead atoms. The molecule has 0 saturated heterocycles. The third-order valence-corrected chi connectivity index (χ3v) is 3.83. The summed E-state index contributed by atoms with van der Waals surface area (Å²) in [6, 6.07) is 1.56. The molecule has 1 atom stereocenters. The Hall–Kier alpha value is -0.0800. The van der Waals surface area contributed by atoms with Crippen molar-refractivity contribution in [1.82, 2.24) is 10.2 Å². The van der Waals surface area contributed by atoms with Gasteiger partial charge in [0.1, 0.15) is 0 Å². The molecule has 0 radical (unpaired) electrons. The molecule has 0 amide bonds. The van der Waals surface area contributed by atoms with E-state index in [1.54, 1.807) is 0 Å². The zero-order valence-corrected chi connectivity index (χ0v) is 11.6. The van der Waals surface area contributed by atoms with Crippen LogP contribution in [0.25, 0.3) is 0 Å². The van der Waals surface area contributed by atoms with Crippen molar-refractivity contribution >= 4 is 0 Å². The Bertz CT molecular complexity index is 176. The van der Waals surface area contributed by atoms with Crippen LogP contribution in [0.1, 0.15) is 52.9 Å². The van der Waals surface area contributed by atoms with Crippen molar-refractivity contribution in [2.45, 2.75) is 65.0 Å². The largest absolute Gasteiger partial charge is 0.313 e. The second-order valence-electron chi connectivity index (χ2n) is 5.89. The maximum Gasteiger partial charge on any atom is 0.0107 e. The molecule has 2 heteroatoms. The Labute approximate surface area is 102 Å². The predicted octanol–water partition coefficient (Wildman–Crippen LogP) is 2.89. The van der Waals surface area contributed by atoms with Gasteiger partial charge in [-0.05, 0) is 45.6 Å². The van der Waals surface area contributed by atoms with Crippen LogP contribution in [-0.4, -0.2) is 37.1 Å². The molecular weight excluding hydrogens is 196 g/mol. The molecule has 2 nitrogen and oxygen atoms in total. The lowest BCUT2D eigenvalue weighted by Crippen LogP contribution is -2.42. The number of rotatable bonds is 8. The first-order valence-corrected chi connectivity index (χ1v) is 7.03. The third-order valence-electron chi connectivity index (χ3n) is 3.83. The molecule has 0 aliphatic heterocycles. The molecule has 1 unspecified atom stereocenters. The van der Waals surface area contributed by atoms with Crippen LogP contribution in [0.3, 0.4) is 0 Å². The van der Waals surface area contributed by atoms with E-state index in [1.165, 1.54) is 38.6 Å². The maximum absolute atomic E-state index is 3.63. The molecule has 96 valence electrons. The van der Waals surface area contributed by atoms with E-state index in [1.807, 2.05) is 0 Å². The average Bonchev–Trinajstić information content (AvgIpc) is 2.11. The minimum Gasteiger partial charge on any atom is -0.313 e. The molecule has 1 aliphatic rings. The highest BCUT2D eigenvalue weighted by molar-refractivity contribution is 4.78. The highest BCUT2D eigenvalue weighted by Crippen LogP contribution is 2.22. The fraction of sp³-hybridized carbons (Fsp3) is 1.00. The van der Waals surface area contributed by atoms with Gasteiger partial charge in [-0.2, -0.15) is 0 Å². The van der Waals surface area contributed by atoms with Gasteiger partial charge < -0.3 is 10.2 Å². The van der Waals surface area contributed by atoms with Crippen LogP contribution in [-0.2, 0) is 0 Å². The van der Waals surface area contributed by atoms with Crippen molar-refractivity contribution in [3.8, 4) is 0 Å². The van der Waals surface area contributed by atoms with Crippen LogP contribution < -0.4 is 5.32 Å². The first-order chi connectivity index (χ1) is 7.59. The van der Waals surface area contributed by atoms with Gasteiger partial charge in [0.05, 0.1) is 0 Å². The molecule has 1 aliphatic carbocycles. The van der Waals surface area contributed by atoms with Gasteiger partial charge in [0.15, 0.2) is 0 Å². The zero-order valence-electron chi connectivity index (χ0n) is 11.6. The van der Waals surface area contributed by atoms with Crippen LogP contribution >= 0.6 is 0 Å². The summed E-state index contributed by atoms with van der Waals surface area (Å²) in [5.74, 6) is 0.835. The quantitative estimate of drug-likeness (QED) is 0.684. The van der Waals surface area contributed by atoms with E-state index >= 15 is 0 Å². The minimum atomic E-state index is 0.678. The van der Waals surface area contributed by atoms with Crippen LogP contribution in [0, 0.1) is 5.92 Å². The fourth-order valence-corrected chi connectivity index (χ4v) is 2.18. The van der Waals surface area contributed by atoms with Crippen molar-refractivity contribution in [3.05, 3.63) is 0 Å². The van der Waals surface area contributed by atoms with Crippen molar-refractivity contribution in [2.75, 3.05) is 20.1 Å². The van der Waals surface area contributed by atoms with Gasteiger partial charge in [0.25, 0.3) is 0 Å². The molecule has 1 fully saturated rings. The number of hydrogen-bond donors (Lipinski definition) is 1. The number of nitrogens with zero attached hydrogens (tertiary/aromatic N) is 1. The van der Waals surface area contributed by atoms with Crippen molar-refractivity contribution in [1.29, 1.82) is 0 Å². The molecule has 0 aromatic heterocycles. The molecule has 1 N–H and O–H groups in total. The second kappa shape index (κ2) is 7.29. The lowest BCUT2D eigenvalue weighted by Gasteiger charge is -2.35. The Morgan fingerprint density at radius 3 is 2.38 bits per heavy atom. The summed E-state index contributed by atoms with van der Waals surface area (Å²) in [4.78, 5) is 2.52. The number of hydrogen-bond acceptors (Lipinski definition) is 2. The molecular formula is C14H30N2. The maximum atomic E-state index is 3.63. The first-order valence-electron chi connectivity index (χ1n) is 7.03. The van der Waals surface area contributed by atoms with Gasteiger partial charge >= 0.3 is 0 Å². The third kappa shape index (κ3) is 5.31. The van der Waals surface area contributed by atoms with Gasteiger partial charge in [-0.25, -0.2) is 0 Å². The standard InChI is InChI=1S/C14H30N2/c1-12(2)8-9-13(3)15-10-11-16(4)14-6-5-7-14/h12-15H,5-11H2,1-4H3. The Balaban J connectivity index is 1.96. The van der Waals surface area contributed by atoms with Crippen molar-refractivity contribution in [2.24, 2.45) is 5.92 Å². The van der Waals surface area contributed by atoms with Gasteiger partial charge in [0, 0.05) is 25.2 Å². The monoisotopic (exact) mass is 226 g/mol. The van der Waals surface area contributed by atoms with Crippen LogP contribution in [0.15, 0.2) is 0 Å². The molecule has 1 rings (SSSR count). The molecule has 1 saturated carbocycles. The highest BCUT2D eigenvalue weighted by Gasteiger charge is 2.21. The topological polar surface area (TPSA) is 15.3 Å². The number of likely N-dealkylation sites (N-methyl/N-ethyl adjacent to an activating group) is 1. The van der Waals surface area contributed by atoms with E-state index < -0.39 is 0 Å². The summed E-state index contributed by atoms with van der Waals surface area (Å²) in [6.45, 7) is 9.27. The molecule has 0 aromatic carbocycles. The highest BCUT2D eigenvalue weighted by atomic mass is 15.1. The van der Waals surface area contributed by atoms with Gasteiger partial charge in [-0.15, -0.1) is 0 Å². The Morgan fingerprint density at radius 1 is 1.19 bits per heavy atom. The Kier molecular flexibility index (Phi) is 6.37. The SMILES string of the molecule is CC(C)CCC(C)NCCN(C)C1CCC1. The first kappa shape index (κ1) is 14.0. The molecule has 0 aromatic rings. The predicted molar refractivity (Wildman–Crippen MR) is 71.8 cm³/mol. The summed E-state index contributed by atoms with van der Waals surface area (Å²) >= 11 is 0. The van der Waals surface area contributed by atoms with Crippen molar-refractivity contribution in [3.63, 3.8) is 0 Å². The van der Waals surface area contributed by atoms with E-state index in [9.17, 15) is 0 Å². The lowest BCUT2D eigenvalue weighted by atomic mass is 9.92. The number of nitrogens with one attached hydrogen (secondary N) is 1. The van der Waals surface area contributed by atoms with Crippen LogP contribution in [0.5, 0.6) is 0 Å². The van der Waals surface area contributed by atoms with E-state index in [2.05, 4.69) is 38.0 Å². The Morgan fingerprint density at radius 2 is 1.88 bits per heavy atom. The smallest absolute Gasteiger partial charge is 0.0107 e. The summed E-state index contributed by atoms with van der Waals surface area (Å²) in [5, 5.41) is 3.63. The molecule has 16 heavy (non-hydrogen) atoms. The van der Waals surface area contributed by atoms with Gasteiger partial charge in [-0.3, -0.25) is 0 Å². The molecule has 0 spiro atoms. The summed E-state index contributed by atoms with van der Waals surface area (Å²) in [7, 11) is 2.27. The van der Waals surface area contributed by atoms with Gasteiger partial charge in [0.2, 0.25) is 0 Å². The zero-order chi connectivity index (χ0) is 12.0. The van der Waals surface area contributed by atoms with E-state index in [0.29, 0.717) is 6.04 Å². The minimum absolute atomic E-state index is 0.678. The summed E-state index contributed by atoms with van der Waals surface area (Å²) < 4.78 is 0. The van der Waals surface area contributed by atoms with Crippen molar-refractivity contribution < 1.29 is 0 Å². The normalized spacial score (nSPS) is 19.1. The second-order valence-corrected chi connectivity index (χ2v) is 5.89. The van der Waals surface area contributed by atoms with E-state index in [4.69, 9.17) is 0 Å². The average molecular weight is 226 g/mol. The summed E-state index contributed by atoms with van der Waals surface area (Å²) in [6.07, 6.45) is 6.92. The molecule has 0 heterocycles. The van der Waals surface area contributed by atoms with Gasteiger partial charge in [-0.1, -0.05) is 20.3 Å². The van der Waals surface area contributed by atoms with Crippen LogP contribution in [0.4, 0.5) is 0 Å². The van der Waals surface area contributed by atoms with E-state index in [-0.39, 0.29) is 0 Å². The van der Waals surface area contributed by atoms with E-state index in [0.717, 1.165) is 18.5 Å². The summed E-state index contributed by atoms with van der Waals surface area (Å²) in [5.41, 5.74) is 0. The van der Waals surface area contributed by atoms with Crippen LogP contribution in [0.2, 0.25) is 0 Å². The fourth-order valence-electron chi connectivity index (χ4n) is 2.18.